The Hall–Kier alpha value is -1.46. The summed E-state index contributed by atoms with van der Waals surface area (Å²) in [5, 5.41) is 19.6. The van der Waals surface area contributed by atoms with Crippen molar-refractivity contribution < 1.29 is 19.7 Å². The normalized spacial score (nSPS) is 23.3. The highest BCUT2D eigenvalue weighted by Crippen LogP contribution is 2.38. The summed E-state index contributed by atoms with van der Waals surface area (Å²) < 4.78 is 10.5. The molecule has 5 nitrogen and oxygen atoms in total. The van der Waals surface area contributed by atoms with E-state index in [-0.39, 0.29) is 18.6 Å². The van der Waals surface area contributed by atoms with Crippen LogP contribution in [0.15, 0.2) is 12.1 Å². The van der Waals surface area contributed by atoms with Gasteiger partial charge in [-0.15, -0.1) is 0 Å². The van der Waals surface area contributed by atoms with E-state index < -0.39 is 0 Å². The Kier molecular flexibility index (Phi) is 3.01. The van der Waals surface area contributed by atoms with Crippen LogP contribution in [0, 0.1) is 0 Å². The molecular formula is C13H17NO4. The molecule has 1 aromatic carbocycles. The van der Waals surface area contributed by atoms with E-state index in [2.05, 4.69) is 4.90 Å². The Bertz CT molecular complexity index is 449. The molecule has 1 fully saturated rings. The third kappa shape index (κ3) is 2.23. The first-order valence-electron chi connectivity index (χ1n) is 6.24. The van der Waals surface area contributed by atoms with Crippen molar-refractivity contribution in [3.63, 3.8) is 0 Å². The average Bonchev–Trinajstić information content (AvgIpc) is 2.76. The topological polar surface area (TPSA) is 62.2 Å². The molecule has 2 aliphatic heterocycles. The van der Waals surface area contributed by atoms with Gasteiger partial charge in [-0.3, -0.25) is 4.90 Å². The highest BCUT2D eigenvalue weighted by molar-refractivity contribution is 5.51. The second kappa shape index (κ2) is 4.66. The van der Waals surface area contributed by atoms with E-state index in [0.29, 0.717) is 24.6 Å². The Morgan fingerprint density at radius 2 is 2.06 bits per heavy atom. The molecule has 2 aliphatic rings. The quantitative estimate of drug-likeness (QED) is 0.823. The van der Waals surface area contributed by atoms with Crippen LogP contribution in [0.5, 0.6) is 17.2 Å². The van der Waals surface area contributed by atoms with Crippen LogP contribution in [-0.2, 0) is 6.54 Å². The Balaban J connectivity index is 1.76. The summed E-state index contributed by atoms with van der Waals surface area (Å²) in [7, 11) is 0. The SMILES string of the molecule is Oc1cc2c(cc1CN1CCC[C@@H](O)C1)OCO2. The predicted octanol–water partition coefficient (Wildman–Crippen LogP) is 1.08. The number of aliphatic hydroxyl groups excluding tert-OH is 1. The summed E-state index contributed by atoms with van der Waals surface area (Å²) in [6.07, 6.45) is 1.60. The molecule has 1 atom stereocenters. The highest BCUT2D eigenvalue weighted by Gasteiger charge is 2.21. The molecule has 2 N–H and O–H groups in total. The number of piperidine rings is 1. The lowest BCUT2D eigenvalue weighted by molar-refractivity contribution is 0.0664. The second-order valence-corrected chi connectivity index (χ2v) is 4.87. The van der Waals surface area contributed by atoms with Crippen molar-refractivity contribution in [2.75, 3.05) is 19.9 Å². The van der Waals surface area contributed by atoms with Crippen LogP contribution >= 0.6 is 0 Å². The van der Waals surface area contributed by atoms with Gasteiger partial charge in [0.25, 0.3) is 0 Å². The van der Waals surface area contributed by atoms with Gasteiger partial charge in [-0.05, 0) is 25.5 Å². The van der Waals surface area contributed by atoms with Crippen molar-refractivity contribution >= 4 is 0 Å². The average molecular weight is 251 g/mol. The first-order valence-corrected chi connectivity index (χ1v) is 6.24. The zero-order valence-corrected chi connectivity index (χ0v) is 10.1. The van der Waals surface area contributed by atoms with Crippen molar-refractivity contribution in [2.45, 2.75) is 25.5 Å². The number of phenolic OH excluding ortho intramolecular Hbond substituents is 1. The molecule has 0 saturated carbocycles. The van der Waals surface area contributed by atoms with Gasteiger partial charge in [0.05, 0.1) is 6.10 Å². The minimum Gasteiger partial charge on any atom is -0.507 e. The largest absolute Gasteiger partial charge is 0.507 e. The molecule has 98 valence electrons. The van der Waals surface area contributed by atoms with E-state index >= 15 is 0 Å². The maximum absolute atomic E-state index is 9.95. The number of ether oxygens (including phenoxy) is 2. The fourth-order valence-corrected chi connectivity index (χ4v) is 2.52. The maximum atomic E-state index is 9.95. The van der Waals surface area contributed by atoms with Crippen LogP contribution in [0.2, 0.25) is 0 Å². The van der Waals surface area contributed by atoms with Crippen LogP contribution < -0.4 is 9.47 Å². The molecule has 3 rings (SSSR count). The fourth-order valence-electron chi connectivity index (χ4n) is 2.52. The summed E-state index contributed by atoms with van der Waals surface area (Å²) in [4.78, 5) is 2.14. The lowest BCUT2D eigenvalue weighted by atomic mass is 10.1. The molecule has 0 aromatic heterocycles. The molecule has 1 aromatic rings. The van der Waals surface area contributed by atoms with E-state index in [1.807, 2.05) is 6.07 Å². The van der Waals surface area contributed by atoms with Gasteiger partial charge in [0, 0.05) is 24.7 Å². The Morgan fingerprint density at radius 3 is 2.83 bits per heavy atom. The molecule has 0 bridgehead atoms. The maximum Gasteiger partial charge on any atom is 0.231 e. The van der Waals surface area contributed by atoms with Crippen molar-refractivity contribution in [3.8, 4) is 17.2 Å². The molecular weight excluding hydrogens is 234 g/mol. The first-order chi connectivity index (χ1) is 8.72. The van der Waals surface area contributed by atoms with Gasteiger partial charge < -0.3 is 19.7 Å². The van der Waals surface area contributed by atoms with Crippen molar-refractivity contribution in [1.82, 2.24) is 4.90 Å². The zero-order chi connectivity index (χ0) is 12.5. The molecule has 0 amide bonds. The van der Waals surface area contributed by atoms with Crippen LogP contribution in [-0.4, -0.2) is 41.1 Å². The smallest absolute Gasteiger partial charge is 0.231 e. The second-order valence-electron chi connectivity index (χ2n) is 4.87. The van der Waals surface area contributed by atoms with E-state index in [1.54, 1.807) is 6.07 Å². The highest BCUT2D eigenvalue weighted by atomic mass is 16.7. The zero-order valence-electron chi connectivity index (χ0n) is 10.1. The number of hydrogen-bond acceptors (Lipinski definition) is 5. The minimum atomic E-state index is -0.255. The lowest BCUT2D eigenvalue weighted by Crippen LogP contribution is -2.37. The summed E-state index contributed by atoms with van der Waals surface area (Å²) >= 11 is 0. The van der Waals surface area contributed by atoms with Gasteiger partial charge in [0.15, 0.2) is 11.5 Å². The number of β-amino-alcohol motifs (C(OH)–C–C–N with tert-alkyl or cyclic N) is 1. The molecule has 2 heterocycles. The molecule has 0 aliphatic carbocycles. The minimum absolute atomic E-state index is 0.209. The number of likely N-dealkylation sites (tertiary alicyclic amines) is 1. The van der Waals surface area contributed by atoms with Crippen LogP contribution in [0.1, 0.15) is 18.4 Å². The lowest BCUT2D eigenvalue weighted by Gasteiger charge is -2.30. The summed E-state index contributed by atoms with van der Waals surface area (Å²) in [5.74, 6) is 1.50. The number of hydrogen-bond donors (Lipinski definition) is 2. The van der Waals surface area contributed by atoms with Gasteiger partial charge in [-0.25, -0.2) is 0 Å². The third-order valence-electron chi connectivity index (χ3n) is 3.45. The van der Waals surface area contributed by atoms with Crippen molar-refractivity contribution in [2.24, 2.45) is 0 Å². The molecule has 0 unspecified atom stereocenters. The number of aliphatic hydroxyl groups is 1. The Labute approximate surface area is 106 Å². The standard InChI is InChI=1S/C13H17NO4/c15-10-2-1-3-14(7-10)6-9-4-12-13(5-11(9)16)18-8-17-12/h4-5,10,15-16H,1-3,6-8H2/t10-/m1/s1. The first kappa shape index (κ1) is 11.6. The summed E-state index contributed by atoms with van der Waals surface area (Å²) in [6.45, 7) is 2.44. The number of benzene rings is 1. The number of aromatic hydroxyl groups is 1. The van der Waals surface area contributed by atoms with E-state index in [9.17, 15) is 10.2 Å². The molecule has 0 spiro atoms. The Morgan fingerprint density at radius 1 is 1.28 bits per heavy atom. The van der Waals surface area contributed by atoms with E-state index in [1.165, 1.54) is 0 Å². The van der Waals surface area contributed by atoms with E-state index in [4.69, 9.17) is 9.47 Å². The third-order valence-corrected chi connectivity index (χ3v) is 3.45. The molecule has 5 heteroatoms. The summed E-state index contributed by atoms with van der Waals surface area (Å²) in [5.41, 5.74) is 0.813. The molecule has 18 heavy (non-hydrogen) atoms. The van der Waals surface area contributed by atoms with Gasteiger partial charge in [0.1, 0.15) is 5.75 Å². The summed E-state index contributed by atoms with van der Waals surface area (Å²) in [6, 6.07) is 3.41. The van der Waals surface area contributed by atoms with Crippen LogP contribution in [0.4, 0.5) is 0 Å². The van der Waals surface area contributed by atoms with Crippen molar-refractivity contribution in [1.29, 1.82) is 0 Å². The number of rotatable bonds is 2. The van der Waals surface area contributed by atoms with E-state index in [0.717, 1.165) is 24.9 Å². The molecule has 0 radical (unpaired) electrons. The predicted molar refractivity (Wildman–Crippen MR) is 64.7 cm³/mol. The van der Waals surface area contributed by atoms with Gasteiger partial charge in [0.2, 0.25) is 6.79 Å². The van der Waals surface area contributed by atoms with Crippen molar-refractivity contribution in [3.05, 3.63) is 17.7 Å². The molecule has 1 saturated heterocycles. The monoisotopic (exact) mass is 251 g/mol. The fraction of sp³-hybridized carbons (Fsp3) is 0.538. The number of phenols is 1. The van der Waals surface area contributed by atoms with Crippen LogP contribution in [0.25, 0.3) is 0 Å². The van der Waals surface area contributed by atoms with Gasteiger partial charge >= 0.3 is 0 Å². The van der Waals surface area contributed by atoms with Gasteiger partial charge in [-0.1, -0.05) is 0 Å². The van der Waals surface area contributed by atoms with Gasteiger partial charge in [-0.2, -0.15) is 0 Å². The van der Waals surface area contributed by atoms with Crippen LogP contribution in [0.3, 0.4) is 0 Å². The number of nitrogens with zero attached hydrogens (tertiary/aromatic N) is 1. The number of fused-ring (bicyclic) bond motifs is 1.